The zero-order chi connectivity index (χ0) is 27.4. The van der Waals surface area contributed by atoms with E-state index in [0.717, 1.165) is 46.5 Å². The number of carbonyl (C=O) groups is 3. The second-order valence-electron chi connectivity index (χ2n) is 9.82. The first-order chi connectivity index (χ1) is 18.2. The van der Waals surface area contributed by atoms with Gasteiger partial charge in [0.25, 0.3) is 11.8 Å². The van der Waals surface area contributed by atoms with Crippen LogP contribution >= 0.6 is 11.3 Å². The van der Waals surface area contributed by atoms with Crippen molar-refractivity contribution < 1.29 is 23.9 Å². The van der Waals surface area contributed by atoms with E-state index < -0.39 is 12.1 Å². The highest BCUT2D eigenvalue weighted by atomic mass is 32.1. The van der Waals surface area contributed by atoms with E-state index in [1.165, 1.54) is 11.3 Å². The summed E-state index contributed by atoms with van der Waals surface area (Å²) in [5.74, 6) is 0.0275. The fraction of sp³-hybridized carbons (Fsp3) is 0.367. The van der Waals surface area contributed by atoms with Crippen LogP contribution in [-0.4, -0.2) is 30.5 Å². The van der Waals surface area contributed by atoms with Gasteiger partial charge in [-0.2, -0.15) is 0 Å². The van der Waals surface area contributed by atoms with Gasteiger partial charge in [0, 0.05) is 16.1 Å². The van der Waals surface area contributed by atoms with E-state index in [0.29, 0.717) is 27.8 Å². The number of nitrogens with one attached hydrogen (secondary N) is 2. The van der Waals surface area contributed by atoms with Gasteiger partial charge in [0.2, 0.25) is 0 Å². The quantitative estimate of drug-likeness (QED) is 0.330. The third kappa shape index (κ3) is 6.25. The molecule has 8 heteroatoms. The molecule has 2 aromatic carbocycles. The van der Waals surface area contributed by atoms with E-state index in [1.807, 2.05) is 32.0 Å². The van der Waals surface area contributed by atoms with Crippen molar-refractivity contribution >= 4 is 39.8 Å². The molecule has 1 aromatic heterocycles. The average Bonchev–Trinajstić information content (AvgIpc) is 3.23. The second-order valence-corrected chi connectivity index (χ2v) is 10.9. The lowest BCUT2D eigenvalue weighted by atomic mass is 9.88. The highest BCUT2D eigenvalue weighted by molar-refractivity contribution is 7.17. The average molecular weight is 535 g/mol. The van der Waals surface area contributed by atoms with Crippen LogP contribution in [0.2, 0.25) is 0 Å². The van der Waals surface area contributed by atoms with Crippen molar-refractivity contribution in [1.29, 1.82) is 0 Å². The smallest absolute Gasteiger partial charge is 0.341 e. The molecule has 1 aliphatic rings. The molecular formula is C30H34N2O5S. The normalized spacial score (nSPS) is 15.2. The molecule has 7 nitrogen and oxygen atoms in total. The van der Waals surface area contributed by atoms with Crippen LogP contribution in [-0.2, 0) is 22.4 Å². The van der Waals surface area contributed by atoms with Crippen molar-refractivity contribution in [2.45, 2.75) is 60.0 Å². The van der Waals surface area contributed by atoms with E-state index in [-0.39, 0.29) is 18.4 Å². The molecule has 3 aromatic rings. The molecule has 0 saturated heterocycles. The molecule has 0 fully saturated rings. The molecule has 0 aliphatic heterocycles. The van der Waals surface area contributed by atoms with Crippen LogP contribution in [0, 0.1) is 19.8 Å². The van der Waals surface area contributed by atoms with Gasteiger partial charge in [-0.3, -0.25) is 9.59 Å². The number of hydrogen-bond acceptors (Lipinski definition) is 6. The minimum atomic E-state index is -0.735. The molecule has 200 valence electrons. The predicted molar refractivity (Wildman–Crippen MR) is 150 cm³/mol. The van der Waals surface area contributed by atoms with Crippen LogP contribution in [0.4, 0.5) is 10.7 Å². The summed E-state index contributed by atoms with van der Waals surface area (Å²) in [6.07, 6.45) is 1.97. The number of amides is 2. The zero-order valence-corrected chi connectivity index (χ0v) is 23.3. The van der Waals surface area contributed by atoms with E-state index in [4.69, 9.17) is 9.47 Å². The van der Waals surface area contributed by atoms with Crippen molar-refractivity contribution in [2.24, 2.45) is 5.92 Å². The van der Waals surface area contributed by atoms with Crippen molar-refractivity contribution in [3.63, 3.8) is 0 Å². The van der Waals surface area contributed by atoms with E-state index in [9.17, 15) is 14.4 Å². The number of benzene rings is 2. The first-order valence-electron chi connectivity index (χ1n) is 12.9. The van der Waals surface area contributed by atoms with Crippen LogP contribution < -0.4 is 15.4 Å². The number of ether oxygens (including phenoxy) is 2. The molecule has 38 heavy (non-hydrogen) atoms. The third-order valence-electron chi connectivity index (χ3n) is 6.67. The number of thiophene rings is 1. The Labute approximate surface area is 227 Å². The molecule has 0 bridgehead atoms. The Bertz CT molecular complexity index is 1350. The Morgan fingerprint density at radius 1 is 1.08 bits per heavy atom. The van der Waals surface area contributed by atoms with Gasteiger partial charge in [-0.1, -0.05) is 19.1 Å². The third-order valence-corrected chi connectivity index (χ3v) is 7.84. The minimum absolute atomic E-state index is 0.261. The minimum Gasteiger partial charge on any atom is -0.481 e. The summed E-state index contributed by atoms with van der Waals surface area (Å²) in [6, 6.07) is 12.5. The summed E-state index contributed by atoms with van der Waals surface area (Å²) in [4.78, 5) is 39.6. The van der Waals surface area contributed by atoms with Crippen LogP contribution in [0.3, 0.4) is 0 Å². The van der Waals surface area contributed by atoms with Crippen LogP contribution in [0.5, 0.6) is 5.75 Å². The van der Waals surface area contributed by atoms with Gasteiger partial charge in [0.05, 0.1) is 12.2 Å². The molecule has 0 radical (unpaired) electrons. The standard InChI is InChI=1S/C30H34N2O5S/c1-6-36-30(35)26-23-14-8-18(3)16-25(23)38-29(26)32-28(34)21-10-12-22(13-11-21)37-20(5)27(33)31-24-15-17(2)7-9-19(24)4/h7,9-13,15,18,20H,6,8,14,16H2,1-5H3,(H,31,33)(H,32,34). The number of fused-ring (bicyclic) bond motifs is 1. The maximum Gasteiger partial charge on any atom is 0.341 e. The second kappa shape index (κ2) is 11.8. The number of carbonyl (C=O) groups excluding carboxylic acids is 3. The molecule has 4 rings (SSSR count). The maximum atomic E-state index is 13.1. The Balaban J connectivity index is 1.43. The molecule has 0 spiro atoms. The number of esters is 1. The Morgan fingerprint density at radius 3 is 2.53 bits per heavy atom. The summed E-state index contributed by atoms with van der Waals surface area (Å²) in [5.41, 5.74) is 4.68. The van der Waals surface area contributed by atoms with Crippen LogP contribution in [0.25, 0.3) is 0 Å². The topological polar surface area (TPSA) is 93.7 Å². The molecule has 2 unspecified atom stereocenters. The fourth-order valence-electron chi connectivity index (χ4n) is 4.48. The zero-order valence-electron chi connectivity index (χ0n) is 22.5. The van der Waals surface area contributed by atoms with E-state index >= 15 is 0 Å². The van der Waals surface area contributed by atoms with Crippen molar-refractivity contribution in [2.75, 3.05) is 17.2 Å². The van der Waals surface area contributed by atoms with Gasteiger partial charge in [-0.25, -0.2) is 4.79 Å². The van der Waals surface area contributed by atoms with E-state index in [2.05, 4.69) is 17.6 Å². The SMILES string of the molecule is CCOC(=O)c1c(NC(=O)c2ccc(OC(C)C(=O)Nc3cc(C)ccc3C)cc2)sc2c1CCC(C)C2. The molecule has 2 amide bonds. The highest BCUT2D eigenvalue weighted by Crippen LogP contribution is 2.40. The van der Waals surface area contributed by atoms with Gasteiger partial charge in [-0.15, -0.1) is 11.3 Å². The lowest BCUT2D eigenvalue weighted by Gasteiger charge is -2.18. The summed E-state index contributed by atoms with van der Waals surface area (Å²) in [6.45, 7) is 9.83. The van der Waals surface area contributed by atoms with Gasteiger partial charge < -0.3 is 20.1 Å². The van der Waals surface area contributed by atoms with Gasteiger partial charge >= 0.3 is 5.97 Å². The number of rotatable bonds is 8. The van der Waals surface area contributed by atoms with Crippen LogP contribution in [0.15, 0.2) is 42.5 Å². The first-order valence-corrected chi connectivity index (χ1v) is 13.8. The molecular weight excluding hydrogens is 500 g/mol. The lowest BCUT2D eigenvalue weighted by molar-refractivity contribution is -0.122. The Morgan fingerprint density at radius 2 is 1.82 bits per heavy atom. The molecule has 0 saturated carbocycles. The van der Waals surface area contributed by atoms with E-state index in [1.54, 1.807) is 38.1 Å². The number of hydrogen-bond donors (Lipinski definition) is 2. The summed E-state index contributed by atoms with van der Waals surface area (Å²) < 4.78 is 11.1. The molecule has 1 aliphatic carbocycles. The monoisotopic (exact) mass is 534 g/mol. The van der Waals surface area contributed by atoms with Crippen molar-refractivity contribution in [1.82, 2.24) is 0 Å². The van der Waals surface area contributed by atoms with Gasteiger partial charge in [0.15, 0.2) is 6.10 Å². The van der Waals surface area contributed by atoms with Crippen LogP contribution in [0.1, 0.15) is 69.5 Å². The fourth-order valence-corrected chi connectivity index (χ4v) is 5.87. The van der Waals surface area contributed by atoms with Crippen molar-refractivity contribution in [3.05, 3.63) is 75.2 Å². The summed E-state index contributed by atoms with van der Waals surface area (Å²) >= 11 is 1.46. The van der Waals surface area contributed by atoms with Gasteiger partial charge in [-0.05, 0) is 99.9 Å². The van der Waals surface area contributed by atoms with Crippen molar-refractivity contribution in [3.8, 4) is 5.75 Å². The Kier molecular flexibility index (Phi) is 8.52. The van der Waals surface area contributed by atoms with Gasteiger partial charge in [0.1, 0.15) is 10.8 Å². The summed E-state index contributed by atoms with van der Waals surface area (Å²) in [7, 11) is 0. The lowest BCUT2D eigenvalue weighted by Crippen LogP contribution is -2.30. The first kappa shape index (κ1) is 27.4. The summed E-state index contributed by atoms with van der Waals surface area (Å²) in [5, 5.41) is 6.37. The predicted octanol–water partition coefficient (Wildman–Crippen LogP) is 6.32. The Hall–Kier alpha value is -3.65. The number of anilines is 2. The maximum absolute atomic E-state index is 13.1. The largest absolute Gasteiger partial charge is 0.481 e. The highest BCUT2D eigenvalue weighted by Gasteiger charge is 2.29. The number of aryl methyl sites for hydroxylation is 2. The molecule has 1 heterocycles. The molecule has 2 atom stereocenters. The molecule has 2 N–H and O–H groups in total.